The molecule has 1 amide bonds. The minimum absolute atomic E-state index is 0.211. The topological polar surface area (TPSA) is 45.2 Å². The van der Waals surface area contributed by atoms with Gasteiger partial charge in [0.15, 0.2) is 0 Å². The fraction of sp³-hybridized carbons (Fsp3) is 0.500. The number of amides is 1. The minimum atomic E-state index is -0.254. The second-order valence-corrected chi connectivity index (χ2v) is 8.05. The predicted octanol–water partition coefficient (Wildman–Crippen LogP) is 3.83. The molecule has 0 atom stereocenters. The van der Waals surface area contributed by atoms with Crippen molar-refractivity contribution in [1.29, 1.82) is 0 Å². The van der Waals surface area contributed by atoms with Crippen molar-refractivity contribution in [3.63, 3.8) is 0 Å². The molecule has 1 aromatic carbocycles. The third-order valence-electron chi connectivity index (χ3n) is 5.59. The second kappa shape index (κ2) is 7.26. The number of carbonyl (C=O) groups is 1. The Bertz CT molecular complexity index is 716. The Balaban J connectivity index is 1.42. The number of hydrogen-bond donors (Lipinski definition) is 1. The number of aromatic nitrogens is 1. The van der Waals surface area contributed by atoms with Crippen LogP contribution in [-0.4, -0.2) is 34.4 Å². The Hall–Kier alpha value is -1.72. The molecule has 25 heavy (non-hydrogen) atoms. The van der Waals surface area contributed by atoms with Gasteiger partial charge in [-0.05, 0) is 38.8 Å². The van der Waals surface area contributed by atoms with E-state index in [0.29, 0.717) is 6.54 Å². The number of carbonyl (C=O) groups excluding carboxylic acids is 1. The molecule has 2 fully saturated rings. The third-order valence-corrected chi connectivity index (χ3v) is 6.44. The van der Waals surface area contributed by atoms with E-state index >= 15 is 0 Å². The van der Waals surface area contributed by atoms with Crippen molar-refractivity contribution in [2.24, 2.45) is 0 Å². The van der Waals surface area contributed by atoms with E-state index in [1.54, 1.807) is 11.3 Å². The molecule has 4 nitrogen and oxygen atoms in total. The SMILES string of the molecule is O=C(NCc1nc(-c2ccccc2)cs1)C1(N2CCCC2)CCCC1. The number of likely N-dealkylation sites (tertiary alicyclic amines) is 1. The number of benzene rings is 1. The molecule has 1 aliphatic heterocycles. The quantitative estimate of drug-likeness (QED) is 0.886. The molecule has 2 aliphatic rings. The summed E-state index contributed by atoms with van der Waals surface area (Å²) in [5.41, 5.74) is 1.86. The first-order valence-corrected chi connectivity index (χ1v) is 10.2. The Labute approximate surface area is 153 Å². The zero-order valence-corrected chi connectivity index (χ0v) is 15.4. The van der Waals surface area contributed by atoms with Gasteiger partial charge in [0, 0.05) is 10.9 Å². The molecular formula is C20H25N3OS. The molecule has 1 aliphatic carbocycles. The highest BCUT2D eigenvalue weighted by molar-refractivity contribution is 7.09. The summed E-state index contributed by atoms with van der Waals surface area (Å²) < 4.78 is 0. The highest BCUT2D eigenvalue weighted by Gasteiger charge is 2.46. The van der Waals surface area contributed by atoms with Crippen molar-refractivity contribution in [2.45, 2.75) is 50.6 Å². The monoisotopic (exact) mass is 355 g/mol. The minimum Gasteiger partial charge on any atom is -0.348 e. The first-order chi connectivity index (χ1) is 12.3. The smallest absolute Gasteiger partial charge is 0.240 e. The van der Waals surface area contributed by atoms with Crippen molar-refractivity contribution in [2.75, 3.05) is 13.1 Å². The number of hydrogen-bond acceptors (Lipinski definition) is 4. The maximum atomic E-state index is 13.0. The summed E-state index contributed by atoms with van der Waals surface area (Å²) in [6.07, 6.45) is 6.79. The summed E-state index contributed by atoms with van der Waals surface area (Å²) in [7, 11) is 0. The lowest BCUT2D eigenvalue weighted by Crippen LogP contribution is -2.56. The van der Waals surface area contributed by atoms with Crippen molar-refractivity contribution < 1.29 is 4.79 Å². The molecule has 4 rings (SSSR count). The lowest BCUT2D eigenvalue weighted by Gasteiger charge is -2.37. The van der Waals surface area contributed by atoms with E-state index in [1.807, 2.05) is 18.2 Å². The summed E-state index contributed by atoms with van der Waals surface area (Å²) in [5.74, 6) is 0.211. The van der Waals surface area contributed by atoms with Crippen LogP contribution >= 0.6 is 11.3 Å². The van der Waals surface area contributed by atoms with Crippen molar-refractivity contribution >= 4 is 17.2 Å². The van der Waals surface area contributed by atoms with Crippen LogP contribution in [0.25, 0.3) is 11.3 Å². The molecule has 2 heterocycles. The normalized spacial score (nSPS) is 20.0. The summed E-state index contributed by atoms with van der Waals surface area (Å²) in [6.45, 7) is 2.68. The lowest BCUT2D eigenvalue weighted by atomic mass is 9.94. The average molecular weight is 356 g/mol. The molecule has 0 bridgehead atoms. The summed E-state index contributed by atoms with van der Waals surface area (Å²) in [5, 5.41) is 6.24. The van der Waals surface area contributed by atoms with Crippen molar-refractivity contribution in [3.05, 3.63) is 40.7 Å². The highest BCUT2D eigenvalue weighted by Crippen LogP contribution is 2.37. The molecule has 132 valence electrons. The van der Waals surface area contributed by atoms with E-state index in [0.717, 1.165) is 42.2 Å². The van der Waals surface area contributed by atoms with Gasteiger partial charge in [-0.1, -0.05) is 43.2 Å². The molecule has 5 heteroatoms. The van der Waals surface area contributed by atoms with Gasteiger partial charge in [0.05, 0.1) is 12.2 Å². The van der Waals surface area contributed by atoms with E-state index in [9.17, 15) is 4.79 Å². The Kier molecular flexibility index (Phi) is 4.86. The van der Waals surface area contributed by atoms with Gasteiger partial charge in [-0.25, -0.2) is 4.98 Å². The molecular weight excluding hydrogens is 330 g/mol. The lowest BCUT2D eigenvalue weighted by molar-refractivity contribution is -0.133. The Morgan fingerprint density at radius 2 is 1.84 bits per heavy atom. The summed E-state index contributed by atoms with van der Waals surface area (Å²) in [4.78, 5) is 20.2. The standard InChI is InChI=1S/C20H25N3OS/c24-19(20(10-4-5-11-20)23-12-6-7-13-23)21-14-18-22-17(15-25-18)16-8-2-1-3-9-16/h1-3,8-9,15H,4-7,10-14H2,(H,21,24). The Morgan fingerprint density at radius 3 is 2.56 bits per heavy atom. The average Bonchev–Trinajstić information content (AvgIpc) is 3.42. The van der Waals surface area contributed by atoms with Crippen molar-refractivity contribution in [3.8, 4) is 11.3 Å². The van der Waals surface area contributed by atoms with Crippen LogP contribution in [-0.2, 0) is 11.3 Å². The van der Waals surface area contributed by atoms with Gasteiger partial charge in [0.1, 0.15) is 10.5 Å². The fourth-order valence-electron chi connectivity index (χ4n) is 4.25. The second-order valence-electron chi connectivity index (χ2n) is 7.11. The molecule has 1 N–H and O–H groups in total. The van der Waals surface area contributed by atoms with Crippen LogP contribution in [0.3, 0.4) is 0 Å². The molecule has 2 aromatic rings. The van der Waals surface area contributed by atoms with E-state index < -0.39 is 0 Å². The highest BCUT2D eigenvalue weighted by atomic mass is 32.1. The van der Waals surface area contributed by atoms with Crippen LogP contribution in [0.5, 0.6) is 0 Å². The maximum Gasteiger partial charge on any atom is 0.240 e. The number of thiazole rings is 1. The maximum absolute atomic E-state index is 13.0. The zero-order valence-electron chi connectivity index (χ0n) is 14.5. The van der Waals surface area contributed by atoms with E-state index in [-0.39, 0.29) is 11.4 Å². The van der Waals surface area contributed by atoms with Crippen LogP contribution in [0.2, 0.25) is 0 Å². The van der Waals surface area contributed by atoms with Crippen LogP contribution in [0.15, 0.2) is 35.7 Å². The number of nitrogens with zero attached hydrogens (tertiary/aromatic N) is 2. The summed E-state index contributed by atoms with van der Waals surface area (Å²) in [6, 6.07) is 10.2. The van der Waals surface area contributed by atoms with Crippen LogP contribution in [0.4, 0.5) is 0 Å². The fourth-order valence-corrected chi connectivity index (χ4v) is 4.99. The van der Waals surface area contributed by atoms with Gasteiger partial charge >= 0.3 is 0 Å². The molecule has 1 saturated carbocycles. The number of nitrogens with one attached hydrogen (secondary N) is 1. The predicted molar refractivity (Wildman–Crippen MR) is 101 cm³/mol. The van der Waals surface area contributed by atoms with Crippen molar-refractivity contribution in [1.82, 2.24) is 15.2 Å². The van der Waals surface area contributed by atoms with Gasteiger partial charge < -0.3 is 5.32 Å². The summed E-state index contributed by atoms with van der Waals surface area (Å²) >= 11 is 1.62. The van der Waals surface area contributed by atoms with E-state index in [1.165, 1.54) is 25.7 Å². The molecule has 1 saturated heterocycles. The van der Waals surface area contributed by atoms with Crippen LogP contribution in [0.1, 0.15) is 43.5 Å². The number of rotatable bonds is 5. The van der Waals surface area contributed by atoms with E-state index in [2.05, 4.69) is 32.7 Å². The Morgan fingerprint density at radius 1 is 1.12 bits per heavy atom. The molecule has 1 aromatic heterocycles. The van der Waals surface area contributed by atoms with Gasteiger partial charge in [0.2, 0.25) is 5.91 Å². The van der Waals surface area contributed by atoms with Gasteiger partial charge in [-0.2, -0.15) is 0 Å². The molecule has 0 spiro atoms. The van der Waals surface area contributed by atoms with E-state index in [4.69, 9.17) is 0 Å². The molecule has 0 unspecified atom stereocenters. The largest absolute Gasteiger partial charge is 0.348 e. The zero-order chi connectivity index (χ0) is 17.1. The first kappa shape index (κ1) is 16.7. The molecule has 0 radical (unpaired) electrons. The third kappa shape index (κ3) is 3.35. The van der Waals surface area contributed by atoms with Gasteiger partial charge in [-0.3, -0.25) is 9.69 Å². The van der Waals surface area contributed by atoms with Crippen LogP contribution in [0, 0.1) is 0 Å². The first-order valence-electron chi connectivity index (χ1n) is 9.31. The van der Waals surface area contributed by atoms with Gasteiger partial charge in [-0.15, -0.1) is 11.3 Å². The van der Waals surface area contributed by atoms with Crippen LogP contribution < -0.4 is 5.32 Å². The van der Waals surface area contributed by atoms with Gasteiger partial charge in [0.25, 0.3) is 0 Å².